The lowest BCUT2D eigenvalue weighted by molar-refractivity contribution is -0.137. The molecule has 0 aliphatic heterocycles. The maximum absolute atomic E-state index is 12.9. The highest BCUT2D eigenvalue weighted by molar-refractivity contribution is 5.95. The first-order valence-corrected chi connectivity index (χ1v) is 10.1. The Balaban J connectivity index is 2.36. The van der Waals surface area contributed by atoms with Crippen molar-refractivity contribution in [1.29, 1.82) is 0 Å². The van der Waals surface area contributed by atoms with Crippen molar-refractivity contribution in [3.63, 3.8) is 0 Å². The molecule has 1 heterocycles. The molecule has 1 aromatic heterocycles. The van der Waals surface area contributed by atoms with Crippen molar-refractivity contribution in [3.8, 4) is 11.3 Å². The van der Waals surface area contributed by atoms with Crippen molar-refractivity contribution in [2.45, 2.75) is 53.4 Å². The highest BCUT2D eigenvalue weighted by Crippen LogP contribution is 2.32. The van der Waals surface area contributed by atoms with Crippen molar-refractivity contribution >= 4 is 5.91 Å². The smallest absolute Gasteiger partial charge is 0.396 e. The van der Waals surface area contributed by atoms with Crippen molar-refractivity contribution < 1.29 is 27.6 Å². The number of alkyl halides is 3. The zero-order valence-electron chi connectivity index (χ0n) is 18.4. The molecule has 0 radical (unpaired) electrons. The number of aliphatic hydroxyl groups excluding tert-OH is 1. The fraction of sp³-hybridized carbons (Fsp3) is 0.545. The minimum atomic E-state index is -4.45. The van der Waals surface area contributed by atoms with Crippen LogP contribution >= 0.6 is 0 Å². The second-order valence-electron chi connectivity index (χ2n) is 8.85. The number of amides is 1. The van der Waals surface area contributed by atoms with Gasteiger partial charge in [0.25, 0.3) is 5.91 Å². The van der Waals surface area contributed by atoms with E-state index in [1.165, 1.54) is 12.1 Å². The SMILES string of the molecule is CC(C)[C@H](C)NC(=O)c1noc(-c2ccc(C(F)(F)F)cc2)c1CNCC(C)(C)CO. The monoisotopic (exact) mass is 441 g/mol. The number of aromatic nitrogens is 1. The van der Waals surface area contributed by atoms with E-state index in [-0.39, 0.29) is 42.0 Å². The molecule has 0 saturated heterocycles. The Kier molecular flexibility index (Phi) is 7.88. The highest BCUT2D eigenvalue weighted by Gasteiger charge is 2.31. The van der Waals surface area contributed by atoms with Crippen molar-refractivity contribution in [1.82, 2.24) is 15.8 Å². The lowest BCUT2D eigenvalue weighted by Crippen LogP contribution is -2.37. The van der Waals surface area contributed by atoms with Gasteiger partial charge in [0.05, 0.1) is 5.56 Å². The molecule has 31 heavy (non-hydrogen) atoms. The predicted octanol–water partition coefficient (Wildman–Crippen LogP) is 4.24. The molecule has 6 nitrogen and oxygen atoms in total. The summed E-state index contributed by atoms with van der Waals surface area (Å²) in [4.78, 5) is 12.8. The molecule has 9 heteroatoms. The van der Waals surface area contributed by atoms with Crippen LogP contribution in [0.3, 0.4) is 0 Å². The van der Waals surface area contributed by atoms with Crippen LogP contribution in [0.25, 0.3) is 11.3 Å². The van der Waals surface area contributed by atoms with E-state index in [0.29, 0.717) is 17.7 Å². The molecule has 172 valence electrons. The first-order valence-electron chi connectivity index (χ1n) is 10.1. The zero-order valence-corrected chi connectivity index (χ0v) is 18.4. The van der Waals surface area contributed by atoms with E-state index in [4.69, 9.17) is 4.52 Å². The Morgan fingerprint density at radius 3 is 2.29 bits per heavy atom. The van der Waals surface area contributed by atoms with Gasteiger partial charge in [-0.2, -0.15) is 13.2 Å². The Bertz CT molecular complexity index is 874. The van der Waals surface area contributed by atoms with E-state index >= 15 is 0 Å². The first-order chi connectivity index (χ1) is 14.4. The zero-order chi connectivity index (χ0) is 23.4. The lowest BCUT2D eigenvalue weighted by Gasteiger charge is -2.22. The maximum atomic E-state index is 12.9. The van der Waals surface area contributed by atoms with Gasteiger partial charge in [-0.1, -0.05) is 45.0 Å². The number of carbonyl (C=O) groups excluding carboxylic acids is 1. The summed E-state index contributed by atoms with van der Waals surface area (Å²) in [5.41, 5.74) is -0.252. The molecule has 0 spiro atoms. The van der Waals surface area contributed by atoms with Crippen molar-refractivity contribution in [2.75, 3.05) is 13.2 Å². The van der Waals surface area contributed by atoms with Gasteiger partial charge in [0, 0.05) is 42.3 Å². The molecule has 2 aromatic rings. The third-order valence-corrected chi connectivity index (χ3v) is 5.17. The van der Waals surface area contributed by atoms with E-state index < -0.39 is 17.6 Å². The van der Waals surface area contributed by atoms with Crippen molar-refractivity contribution in [2.24, 2.45) is 11.3 Å². The second-order valence-corrected chi connectivity index (χ2v) is 8.85. The summed E-state index contributed by atoms with van der Waals surface area (Å²) in [6.07, 6.45) is -4.45. The quantitative estimate of drug-likeness (QED) is 0.542. The Hall–Kier alpha value is -2.39. The molecule has 0 unspecified atom stereocenters. The molecule has 1 amide bonds. The molecular formula is C22H30F3N3O3. The number of nitrogens with one attached hydrogen (secondary N) is 2. The number of aliphatic hydroxyl groups is 1. The number of hydrogen-bond acceptors (Lipinski definition) is 5. The number of rotatable bonds is 9. The summed E-state index contributed by atoms with van der Waals surface area (Å²) in [5, 5.41) is 19.4. The predicted molar refractivity (Wildman–Crippen MR) is 111 cm³/mol. The molecular weight excluding hydrogens is 411 g/mol. The standard InChI is InChI=1S/C22H30F3N3O3/c1-13(2)14(3)27-20(30)18-17(10-26-11-21(4,5)12-29)19(31-28-18)15-6-8-16(9-7-15)22(23,24)25/h6-9,13-14,26,29H,10-12H2,1-5H3,(H,27,30)/t14-/m0/s1. The first kappa shape index (κ1) is 24.9. The average molecular weight is 441 g/mol. The fourth-order valence-corrected chi connectivity index (χ4v) is 2.71. The molecule has 0 fully saturated rings. The van der Waals surface area contributed by atoms with Gasteiger partial charge in [-0.05, 0) is 25.0 Å². The van der Waals surface area contributed by atoms with Crippen LogP contribution in [0.2, 0.25) is 0 Å². The molecule has 2 rings (SSSR count). The molecule has 3 N–H and O–H groups in total. The normalized spacial score (nSPS) is 13.5. The average Bonchev–Trinajstić information content (AvgIpc) is 3.11. The van der Waals surface area contributed by atoms with Crippen LogP contribution in [0.4, 0.5) is 13.2 Å². The van der Waals surface area contributed by atoms with Gasteiger partial charge >= 0.3 is 6.18 Å². The van der Waals surface area contributed by atoms with E-state index in [1.807, 2.05) is 34.6 Å². The summed E-state index contributed by atoms with van der Waals surface area (Å²) in [7, 11) is 0. The van der Waals surface area contributed by atoms with E-state index in [9.17, 15) is 23.1 Å². The van der Waals surface area contributed by atoms with Gasteiger partial charge in [-0.15, -0.1) is 0 Å². The number of benzene rings is 1. The van der Waals surface area contributed by atoms with Gasteiger partial charge in [0.1, 0.15) is 0 Å². The largest absolute Gasteiger partial charge is 0.416 e. The summed E-state index contributed by atoms with van der Waals surface area (Å²) in [6.45, 7) is 10.2. The minimum Gasteiger partial charge on any atom is -0.396 e. The molecule has 0 aliphatic carbocycles. The number of halogens is 3. The topological polar surface area (TPSA) is 87.4 Å². The maximum Gasteiger partial charge on any atom is 0.416 e. The number of carbonyl (C=O) groups is 1. The van der Waals surface area contributed by atoms with Crippen molar-refractivity contribution in [3.05, 3.63) is 41.1 Å². The van der Waals surface area contributed by atoms with E-state index in [2.05, 4.69) is 15.8 Å². The molecule has 0 bridgehead atoms. The van der Waals surface area contributed by atoms with Crippen LogP contribution in [0.5, 0.6) is 0 Å². The van der Waals surface area contributed by atoms with Gasteiger partial charge in [0.2, 0.25) is 0 Å². The van der Waals surface area contributed by atoms with Crippen LogP contribution in [0, 0.1) is 11.3 Å². The minimum absolute atomic E-state index is 0.0331. The van der Waals surface area contributed by atoms with Gasteiger partial charge in [-0.25, -0.2) is 0 Å². The third kappa shape index (κ3) is 6.54. The molecule has 0 saturated carbocycles. The Labute approximate surface area is 180 Å². The van der Waals surface area contributed by atoms with Crippen LogP contribution in [0.1, 0.15) is 56.2 Å². The van der Waals surface area contributed by atoms with Crippen LogP contribution in [-0.2, 0) is 12.7 Å². The highest BCUT2D eigenvalue weighted by atomic mass is 19.4. The lowest BCUT2D eigenvalue weighted by atomic mass is 9.95. The van der Waals surface area contributed by atoms with Gasteiger partial charge in [-0.3, -0.25) is 4.79 Å². The molecule has 1 atom stereocenters. The molecule has 0 aliphatic rings. The summed E-state index contributed by atoms with van der Waals surface area (Å²) >= 11 is 0. The van der Waals surface area contributed by atoms with Gasteiger partial charge < -0.3 is 20.3 Å². The van der Waals surface area contributed by atoms with Crippen LogP contribution < -0.4 is 10.6 Å². The summed E-state index contributed by atoms with van der Waals surface area (Å²) < 4.78 is 44.1. The summed E-state index contributed by atoms with van der Waals surface area (Å²) in [6, 6.07) is 4.41. The second kappa shape index (κ2) is 9.82. The van der Waals surface area contributed by atoms with E-state index in [0.717, 1.165) is 12.1 Å². The van der Waals surface area contributed by atoms with Crippen LogP contribution in [-0.4, -0.2) is 35.4 Å². The molecule has 1 aromatic carbocycles. The Morgan fingerprint density at radius 1 is 1.16 bits per heavy atom. The Morgan fingerprint density at radius 2 is 1.77 bits per heavy atom. The number of hydrogen-bond donors (Lipinski definition) is 3. The van der Waals surface area contributed by atoms with Crippen LogP contribution in [0.15, 0.2) is 28.8 Å². The van der Waals surface area contributed by atoms with Gasteiger partial charge in [0.15, 0.2) is 11.5 Å². The van der Waals surface area contributed by atoms with E-state index in [1.54, 1.807) is 0 Å². The summed E-state index contributed by atoms with van der Waals surface area (Å²) in [5.74, 6) is 0.0175. The number of nitrogens with zero attached hydrogens (tertiary/aromatic N) is 1. The third-order valence-electron chi connectivity index (χ3n) is 5.17. The fourth-order valence-electron chi connectivity index (χ4n) is 2.71.